The first-order valence-electron chi connectivity index (χ1n) is 6.51. The number of nitrogens with two attached hydrogens (primary N) is 1. The maximum absolute atomic E-state index is 11.3. The summed E-state index contributed by atoms with van der Waals surface area (Å²) < 4.78 is 5.90. The van der Waals surface area contributed by atoms with E-state index in [9.17, 15) is 4.79 Å². The number of ether oxygens (including phenoxy) is 1. The van der Waals surface area contributed by atoms with Crippen molar-refractivity contribution in [1.29, 1.82) is 0 Å². The quantitative estimate of drug-likeness (QED) is 0.574. The van der Waals surface area contributed by atoms with E-state index in [1.54, 1.807) is 12.1 Å². The van der Waals surface area contributed by atoms with Crippen LogP contribution in [0.15, 0.2) is 36.9 Å². The molecule has 2 saturated heterocycles. The lowest BCUT2D eigenvalue weighted by molar-refractivity contribution is -0.111. The molecule has 0 aliphatic carbocycles. The summed E-state index contributed by atoms with van der Waals surface area (Å²) in [6.07, 6.45) is 2.18. The fraction of sp³-hybridized carbons (Fsp3) is 0.357. The number of hydrogen-bond acceptors (Lipinski definition) is 5. The molecule has 6 heteroatoms. The van der Waals surface area contributed by atoms with Crippen LogP contribution in [0.5, 0.6) is 5.75 Å². The van der Waals surface area contributed by atoms with Gasteiger partial charge in [0.25, 0.3) is 0 Å². The molecule has 2 fully saturated rings. The molecule has 0 saturated carbocycles. The van der Waals surface area contributed by atoms with Crippen molar-refractivity contribution in [3.8, 4) is 5.75 Å². The van der Waals surface area contributed by atoms with E-state index in [4.69, 9.17) is 10.5 Å². The number of nitrogens with one attached hydrogen (secondary N) is 2. The van der Waals surface area contributed by atoms with Crippen LogP contribution in [0.3, 0.4) is 0 Å². The highest BCUT2D eigenvalue weighted by molar-refractivity contribution is 8.01. The maximum atomic E-state index is 11.3. The molecule has 5 nitrogen and oxygen atoms in total. The molecule has 2 aliphatic heterocycles. The second-order valence-electron chi connectivity index (χ2n) is 4.90. The Morgan fingerprint density at radius 1 is 1.65 bits per heavy atom. The minimum Gasteiger partial charge on any atom is -0.472 e. The van der Waals surface area contributed by atoms with Gasteiger partial charge in [-0.05, 0) is 30.4 Å². The first kappa shape index (κ1) is 13.5. The summed E-state index contributed by atoms with van der Waals surface area (Å²) in [6, 6.07) is 7.43. The average molecular weight is 291 g/mol. The summed E-state index contributed by atoms with van der Waals surface area (Å²) >= 11 is 1.82. The minimum absolute atomic E-state index is 0.0599. The van der Waals surface area contributed by atoms with Crippen LogP contribution >= 0.6 is 11.8 Å². The van der Waals surface area contributed by atoms with E-state index in [1.807, 2.05) is 23.9 Å². The number of benzene rings is 1. The molecular formula is C14H17N3O2S. The molecule has 20 heavy (non-hydrogen) atoms. The normalized spacial score (nSPS) is 31.1. The molecule has 1 spiro atoms. The van der Waals surface area contributed by atoms with Crippen molar-refractivity contribution in [2.45, 2.75) is 23.6 Å². The van der Waals surface area contributed by atoms with Crippen LogP contribution in [-0.2, 0) is 4.79 Å². The van der Waals surface area contributed by atoms with E-state index >= 15 is 0 Å². The lowest BCUT2D eigenvalue weighted by atomic mass is 10.2. The number of anilines is 1. The van der Waals surface area contributed by atoms with E-state index in [2.05, 4.69) is 17.2 Å². The van der Waals surface area contributed by atoms with Gasteiger partial charge >= 0.3 is 0 Å². The molecule has 1 aromatic carbocycles. The summed E-state index contributed by atoms with van der Waals surface area (Å²) in [5.74, 6) is 1.53. The molecule has 1 amide bonds. The first-order valence-corrected chi connectivity index (χ1v) is 7.50. The van der Waals surface area contributed by atoms with Gasteiger partial charge in [-0.25, -0.2) is 0 Å². The number of rotatable bonds is 4. The summed E-state index contributed by atoms with van der Waals surface area (Å²) in [5, 5.41) is 6.03. The van der Waals surface area contributed by atoms with Crippen molar-refractivity contribution in [3.05, 3.63) is 36.9 Å². The molecule has 0 radical (unpaired) electrons. The Morgan fingerprint density at radius 2 is 2.50 bits per heavy atom. The molecule has 2 aliphatic rings. The Balaban J connectivity index is 1.65. The van der Waals surface area contributed by atoms with Crippen molar-refractivity contribution in [3.63, 3.8) is 0 Å². The molecule has 1 aromatic rings. The molecular weight excluding hydrogens is 274 g/mol. The number of amides is 1. The van der Waals surface area contributed by atoms with Crippen molar-refractivity contribution in [1.82, 2.24) is 5.32 Å². The van der Waals surface area contributed by atoms with Gasteiger partial charge in [-0.1, -0.05) is 12.6 Å². The van der Waals surface area contributed by atoms with Crippen molar-refractivity contribution < 1.29 is 9.53 Å². The van der Waals surface area contributed by atoms with Crippen LogP contribution in [-0.4, -0.2) is 28.8 Å². The van der Waals surface area contributed by atoms with Crippen LogP contribution in [0.1, 0.15) is 6.42 Å². The van der Waals surface area contributed by atoms with Gasteiger partial charge < -0.3 is 15.8 Å². The highest BCUT2D eigenvalue weighted by Crippen LogP contribution is 2.47. The van der Waals surface area contributed by atoms with Crippen molar-refractivity contribution in [2.75, 3.05) is 11.1 Å². The first-order chi connectivity index (χ1) is 9.64. The summed E-state index contributed by atoms with van der Waals surface area (Å²) in [4.78, 5) is 11.1. The molecule has 106 valence electrons. The van der Waals surface area contributed by atoms with Crippen molar-refractivity contribution in [2.24, 2.45) is 5.73 Å². The van der Waals surface area contributed by atoms with Gasteiger partial charge in [-0.15, -0.1) is 11.8 Å². The summed E-state index contributed by atoms with van der Waals surface area (Å²) in [7, 11) is 0. The smallest absolute Gasteiger partial charge is 0.247 e. The second kappa shape index (κ2) is 5.12. The van der Waals surface area contributed by atoms with Gasteiger partial charge in [0.05, 0.1) is 0 Å². The van der Waals surface area contributed by atoms with Gasteiger partial charge in [-0.3, -0.25) is 10.1 Å². The zero-order valence-corrected chi connectivity index (χ0v) is 11.8. The zero-order chi connectivity index (χ0) is 14.2. The predicted molar refractivity (Wildman–Crippen MR) is 80.6 cm³/mol. The molecule has 4 N–H and O–H groups in total. The predicted octanol–water partition coefficient (Wildman–Crippen LogP) is 1.28. The fourth-order valence-electron chi connectivity index (χ4n) is 2.35. The number of thioether (sulfide) groups is 1. The Labute approximate surface area is 121 Å². The lowest BCUT2D eigenvalue weighted by Gasteiger charge is -2.12. The molecule has 3 rings (SSSR count). The van der Waals surface area contributed by atoms with Gasteiger partial charge in [0, 0.05) is 17.8 Å². The van der Waals surface area contributed by atoms with Crippen LogP contribution in [0.2, 0.25) is 0 Å². The number of hydrogen-bond donors (Lipinski definition) is 3. The van der Waals surface area contributed by atoms with Crippen LogP contribution < -0.4 is 21.1 Å². The third-order valence-electron chi connectivity index (χ3n) is 3.52. The molecule has 0 aromatic heterocycles. The Hall–Kier alpha value is -1.50. The van der Waals surface area contributed by atoms with Crippen LogP contribution in [0.4, 0.5) is 5.69 Å². The SMILES string of the molecule is C=CC(=O)Nc1cccc(OC2NC23SCCC3N)c1. The maximum Gasteiger partial charge on any atom is 0.247 e. The van der Waals surface area contributed by atoms with Gasteiger partial charge in [0.2, 0.25) is 5.91 Å². The summed E-state index contributed by atoms with van der Waals surface area (Å²) in [6.45, 7) is 3.42. The average Bonchev–Trinajstić information content (AvgIpc) is 3.00. The molecule has 3 atom stereocenters. The Bertz CT molecular complexity index is 551. The number of carbonyl (C=O) groups excluding carboxylic acids is 1. The topological polar surface area (TPSA) is 86.3 Å². The van der Waals surface area contributed by atoms with Gasteiger partial charge in [0.1, 0.15) is 10.6 Å². The molecule has 0 bridgehead atoms. The van der Waals surface area contributed by atoms with E-state index in [0.717, 1.165) is 12.2 Å². The van der Waals surface area contributed by atoms with E-state index < -0.39 is 0 Å². The van der Waals surface area contributed by atoms with Crippen LogP contribution in [0, 0.1) is 0 Å². The summed E-state index contributed by atoms with van der Waals surface area (Å²) in [5.41, 5.74) is 6.79. The Kier molecular flexibility index (Phi) is 3.45. The third-order valence-corrected chi connectivity index (χ3v) is 5.08. The third kappa shape index (κ3) is 2.42. The lowest BCUT2D eigenvalue weighted by Crippen LogP contribution is -2.34. The largest absolute Gasteiger partial charge is 0.472 e. The zero-order valence-electron chi connectivity index (χ0n) is 11.0. The Morgan fingerprint density at radius 3 is 3.20 bits per heavy atom. The highest BCUT2D eigenvalue weighted by Gasteiger charge is 2.63. The monoisotopic (exact) mass is 291 g/mol. The van der Waals surface area contributed by atoms with Gasteiger partial charge in [-0.2, -0.15) is 0 Å². The standard InChI is InChI=1S/C14H17N3O2S/c1-2-12(18)16-9-4-3-5-10(8-9)19-13-14(17-13)11(15)6-7-20-14/h2-5,8,11,13,17H,1,6-7,15H2,(H,16,18). The van der Waals surface area contributed by atoms with E-state index in [-0.39, 0.29) is 23.0 Å². The molecule has 2 heterocycles. The fourth-order valence-corrected chi connectivity index (χ4v) is 3.78. The highest BCUT2D eigenvalue weighted by atomic mass is 32.2. The van der Waals surface area contributed by atoms with Crippen LogP contribution in [0.25, 0.3) is 0 Å². The number of carbonyl (C=O) groups is 1. The van der Waals surface area contributed by atoms with E-state index in [0.29, 0.717) is 11.4 Å². The van der Waals surface area contributed by atoms with Crippen molar-refractivity contribution >= 4 is 23.4 Å². The molecule has 3 unspecified atom stereocenters. The second-order valence-corrected chi connectivity index (χ2v) is 6.27. The van der Waals surface area contributed by atoms with E-state index in [1.165, 1.54) is 6.08 Å². The van der Waals surface area contributed by atoms with Gasteiger partial charge in [0.15, 0.2) is 6.23 Å². The minimum atomic E-state index is -0.239.